The molecular weight excluding hydrogens is 340 g/mol. The molecule has 2 aromatic heterocycles. The van der Waals surface area contributed by atoms with E-state index in [0.29, 0.717) is 19.1 Å². The molecule has 2 fully saturated rings. The molecule has 0 unspecified atom stereocenters. The molecule has 2 saturated heterocycles. The fourth-order valence-corrected chi connectivity index (χ4v) is 4.24. The van der Waals surface area contributed by atoms with Crippen LogP contribution in [0, 0.1) is 19.8 Å². The summed E-state index contributed by atoms with van der Waals surface area (Å²) in [5.41, 5.74) is 3.54. The predicted molar refractivity (Wildman–Crippen MR) is 105 cm³/mol. The van der Waals surface area contributed by atoms with E-state index in [1.807, 2.05) is 17.2 Å². The van der Waals surface area contributed by atoms with Gasteiger partial charge in [-0.2, -0.15) is 0 Å². The first-order valence-electron chi connectivity index (χ1n) is 9.87. The molecule has 4 heterocycles. The van der Waals surface area contributed by atoms with Gasteiger partial charge in [0.15, 0.2) is 5.82 Å². The van der Waals surface area contributed by atoms with Gasteiger partial charge < -0.3 is 19.1 Å². The number of hydrogen-bond acceptors (Lipinski definition) is 4. The van der Waals surface area contributed by atoms with Crippen molar-refractivity contribution in [3.63, 3.8) is 0 Å². The van der Waals surface area contributed by atoms with Gasteiger partial charge in [0.2, 0.25) is 5.91 Å². The molecule has 27 heavy (non-hydrogen) atoms. The van der Waals surface area contributed by atoms with Crippen LogP contribution >= 0.6 is 0 Å². The first kappa shape index (κ1) is 18.0. The lowest BCUT2D eigenvalue weighted by Gasteiger charge is -2.36. The standard InChI is InChI=1S/C21H28N4O2/c1-16-5-6-17(2)25(16)19-4-3-9-22-20(19)23-10-7-18(8-11-23)21(26)24-12-14-27-15-13-24/h3-6,9,18H,7-8,10-15H2,1-2H3. The number of nitrogens with zero attached hydrogens (tertiary/aromatic N) is 4. The molecule has 0 spiro atoms. The number of pyridine rings is 1. The van der Waals surface area contributed by atoms with Crippen LogP contribution in [-0.2, 0) is 9.53 Å². The number of carbonyl (C=O) groups is 1. The molecule has 2 aromatic rings. The van der Waals surface area contributed by atoms with Crippen molar-refractivity contribution < 1.29 is 9.53 Å². The molecule has 0 saturated carbocycles. The second-order valence-corrected chi connectivity index (χ2v) is 7.50. The van der Waals surface area contributed by atoms with E-state index in [2.05, 4.69) is 41.5 Å². The van der Waals surface area contributed by atoms with Gasteiger partial charge in [-0.05, 0) is 51.0 Å². The van der Waals surface area contributed by atoms with Gasteiger partial charge in [0.25, 0.3) is 0 Å². The van der Waals surface area contributed by atoms with Gasteiger partial charge in [-0.3, -0.25) is 4.79 Å². The Hall–Kier alpha value is -2.34. The Morgan fingerprint density at radius 3 is 2.37 bits per heavy atom. The van der Waals surface area contributed by atoms with Crippen molar-refractivity contribution in [2.45, 2.75) is 26.7 Å². The topological polar surface area (TPSA) is 50.6 Å². The molecule has 0 aliphatic carbocycles. The Bertz CT molecular complexity index is 783. The first-order chi connectivity index (χ1) is 13.1. The van der Waals surface area contributed by atoms with E-state index < -0.39 is 0 Å². The van der Waals surface area contributed by atoms with E-state index >= 15 is 0 Å². The van der Waals surface area contributed by atoms with Crippen molar-refractivity contribution in [1.82, 2.24) is 14.5 Å². The second-order valence-electron chi connectivity index (χ2n) is 7.50. The maximum absolute atomic E-state index is 12.8. The number of piperidine rings is 1. The highest BCUT2D eigenvalue weighted by Crippen LogP contribution is 2.29. The number of carbonyl (C=O) groups excluding carboxylic acids is 1. The maximum Gasteiger partial charge on any atom is 0.225 e. The lowest BCUT2D eigenvalue weighted by Crippen LogP contribution is -2.47. The van der Waals surface area contributed by atoms with Crippen molar-refractivity contribution in [3.8, 4) is 5.69 Å². The molecule has 0 bridgehead atoms. The number of amides is 1. The van der Waals surface area contributed by atoms with Crippen LogP contribution < -0.4 is 4.90 Å². The molecule has 6 heteroatoms. The van der Waals surface area contributed by atoms with Crippen molar-refractivity contribution in [3.05, 3.63) is 41.9 Å². The number of aryl methyl sites for hydroxylation is 2. The molecule has 0 aromatic carbocycles. The fourth-order valence-electron chi connectivity index (χ4n) is 4.24. The third-order valence-electron chi connectivity index (χ3n) is 5.74. The monoisotopic (exact) mass is 368 g/mol. The van der Waals surface area contributed by atoms with Crippen LogP contribution in [0.3, 0.4) is 0 Å². The van der Waals surface area contributed by atoms with Gasteiger partial charge >= 0.3 is 0 Å². The van der Waals surface area contributed by atoms with Crippen LogP contribution in [0.25, 0.3) is 5.69 Å². The molecule has 0 N–H and O–H groups in total. The highest BCUT2D eigenvalue weighted by molar-refractivity contribution is 5.79. The summed E-state index contributed by atoms with van der Waals surface area (Å²) in [4.78, 5) is 21.8. The number of ether oxygens (including phenoxy) is 1. The zero-order valence-electron chi connectivity index (χ0n) is 16.2. The van der Waals surface area contributed by atoms with Crippen LogP contribution in [0.2, 0.25) is 0 Å². The molecule has 2 aliphatic rings. The van der Waals surface area contributed by atoms with E-state index in [1.54, 1.807) is 0 Å². The molecule has 6 nitrogen and oxygen atoms in total. The highest BCUT2D eigenvalue weighted by atomic mass is 16.5. The smallest absolute Gasteiger partial charge is 0.225 e. The Morgan fingerprint density at radius 1 is 1.04 bits per heavy atom. The Kier molecular flexibility index (Phi) is 5.16. The highest BCUT2D eigenvalue weighted by Gasteiger charge is 2.30. The third-order valence-corrected chi connectivity index (χ3v) is 5.74. The van der Waals surface area contributed by atoms with Crippen LogP contribution in [0.1, 0.15) is 24.2 Å². The summed E-state index contributed by atoms with van der Waals surface area (Å²) in [7, 11) is 0. The Morgan fingerprint density at radius 2 is 1.70 bits per heavy atom. The van der Waals surface area contributed by atoms with Crippen LogP contribution in [0.4, 0.5) is 5.82 Å². The average Bonchev–Trinajstić information content (AvgIpc) is 3.06. The lowest BCUT2D eigenvalue weighted by atomic mass is 9.95. The minimum atomic E-state index is 0.126. The van der Waals surface area contributed by atoms with Crippen molar-refractivity contribution in [1.29, 1.82) is 0 Å². The molecule has 0 radical (unpaired) electrons. The number of hydrogen-bond donors (Lipinski definition) is 0. The first-order valence-corrected chi connectivity index (χ1v) is 9.87. The minimum Gasteiger partial charge on any atom is -0.378 e. The van der Waals surface area contributed by atoms with E-state index in [4.69, 9.17) is 9.72 Å². The Labute approximate surface area is 160 Å². The van der Waals surface area contributed by atoms with Crippen molar-refractivity contribution in [2.24, 2.45) is 5.92 Å². The van der Waals surface area contributed by atoms with Crippen molar-refractivity contribution in [2.75, 3.05) is 44.3 Å². The predicted octanol–water partition coefficient (Wildman–Crippen LogP) is 2.56. The SMILES string of the molecule is Cc1ccc(C)n1-c1cccnc1N1CCC(C(=O)N2CCOCC2)CC1. The van der Waals surface area contributed by atoms with E-state index in [-0.39, 0.29) is 5.92 Å². The van der Waals surface area contributed by atoms with Gasteiger partial charge in [0, 0.05) is 49.7 Å². The van der Waals surface area contributed by atoms with E-state index in [9.17, 15) is 4.79 Å². The van der Waals surface area contributed by atoms with Gasteiger partial charge in [0.05, 0.1) is 18.9 Å². The molecule has 4 rings (SSSR count). The zero-order chi connectivity index (χ0) is 18.8. The summed E-state index contributed by atoms with van der Waals surface area (Å²) in [6.07, 6.45) is 3.63. The van der Waals surface area contributed by atoms with E-state index in [0.717, 1.165) is 50.5 Å². The minimum absolute atomic E-state index is 0.126. The normalized spacial score (nSPS) is 18.7. The summed E-state index contributed by atoms with van der Waals surface area (Å²) < 4.78 is 7.62. The molecule has 1 amide bonds. The molecule has 0 atom stereocenters. The third kappa shape index (κ3) is 3.58. The summed E-state index contributed by atoms with van der Waals surface area (Å²) in [6.45, 7) is 8.77. The molecular formula is C21H28N4O2. The largest absolute Gasteiger partial charge is 0.378 e. The van der Waals surface area contributed by atoms with Crippen LogP contribution in [0.15, 0.2) is 30.5 Å². The Balaban J connectivity index is 1.48. The second kappa shape index (κ2) is 7.72. The summed E-state index contributed by atoms with van der Waals surface area (Å²) >= 11 is 0. The van der Waals surface area contributed by atoms with Crippen molar-refractivity contribution >= 4 is 11.7 Å². The fraction of sp³-hybridized carbons (Fsp3) is 0.524. The van der Waals surface area contributed by atoms with Crippen LogP contribution in [-0.4, -0.2) is 59.8 Å². The van der Waals surface area contributed by atoms with Gasteiger partial charge in [-0.1, -0.05) is 0 Å². The van der Waals surface area contributed by atoms with Crippen LogP contribution in [0.5, 0.6) is 0 Å². The summed E-state index contributed by atoms with van der Waals surface area (Å²) in [5.74, 6) is 1.44. The summed E-state index contributed by atoms with van der Waals surface area (Å²) in [5, 5.41) is 0. The maximum atomic E-state index is 12.8. The van der Waals surface area contributed by atoms with Gasteiger partial charge in [-0.25, -0.2) is 4.98 Å². The molecule has 2 aliphatic heterocycles. The van der Waals surface area contributed by atoms with Gasteiger partial charge in [0.1, 0.15) is 0 Å². The van der Waals surface area contributed by atoms with E-state index in [1.165, 1.54) is 11.4 Å². The van der Waals surface area contributed by atoms with Gasteiger partial charge in [-0.15, -0.1) is 0 Å². The number of aromatic nitrogens is 2. The number of anilines is 1. The zero-order valence-corrected chi connectivity index (χ0v) is 16.2. The number of morpholine rings is 1. The lowest BCUT2D eigenvalue weighted by molar-refractivity contribution is -0.140. The summed E-state index contributed by atoms with van der Waals surface area (Å²) in [6, 6.07) is 8.40. The average molecular weight is 368 g/mol. The number of rotatable bonds is 3. The molecule has 144 valence electrons. The quantitative estimate of drug-likeness (QED) is 0.836.